The van der Waals surface area contributed by atoms with Gasteiger partial charge in [-0.3, -0.25) is 19.0 Å². The Morgan fingerprint density at radius 3 is 1.94 bits per heavy atom. The molecule has 7 heteroatoms. The largest absolute Gasteiger partial charge is 0.291 e. The fourth-order valence-electron chi connectivity index (χ4n) is 1.71. The second-order valence-electron chi connectivity index (χ2n) is 3.66. The van der Waals surface area contributed by atoms with E-state index >= 15 is 0 Å². The number of rotatable bonds is 3. The third kappa shape index (κ3) is 2.18. The van der Waals surface area contributed by atoms with Gasteiger partial charge >= 0.3 is 0 Å². The number of imide groups is 1. The Morgan fingerprint density at radius 2 is 1.50 bits per heavy atom. The van der Waals surface area contributed by atoms with Gasteiger partial charge in [-0.15, -0.1) is 0 Å². The zero-order valence-corrected chi connectivity index (χ0v) is 9.87. The molecule has 0 bridgehead atoms. The van der Waals surface area contributed by atoms with Crippen molar-refractivity contribution in [1.29, 1.82) is 0 Å². The summed E-state index contributed by atoms with van der Waals surface area (Å²) in [5.74, 6) is -1.54. The van der Waals surface area contributed by atoms with Crippen LogP contribution < -0.4 is 0 Å². The second kappa shape index (κ2) is 4.35. The maximum absolute atomic E-state index is 11.5. The minimum Gasteiger partial charge on any atom is -0.284 e. The highest BCUT2D eigenvalue weighted by atomic mass is 32.2. The van der Waals surface area contributed by atoms with Crippen LogP contribution in [0.1, 0.15) is 10.9 Å². The van der Waals surface area contributed by atoms with Crippen LogP contribution in [-0.4, -0.2) is 29.7 Å². The first-order valence-corrected chi connectivity index (χ1v) is 6.48. The summed E-state index contributed by atoms with van der Waals surface area (Å²) >= 11 is 0. The van der Waals surface area contributed by atoms with E-state index in [9.17, 15) is 22.6 Å². The molecule has 1 aromatic rings. The molecule has 1 aromatic carbocycles. The number of benzene rings is 1. The predicted molar refractivity (Wildman–Crippen MR) is 61.7 cm³/mol. The molecule has 1 aliphatic rings. The van der Waals surface area contributed by atoms with E-state index < -0.39 is 27.3 Å². The van der Waals surface area contributed by atoms with Gasteiger partial charge in [0.25, 0.3) is 21.9 Å². The quantitative estimate of drug-likeness (QED) is 0.636. The standard InChI is InChI=1S/C11H9NO5S/c13-9-6-7-10(14)12(9)11(18(15,16)17)8-4-2-1-3-5-8/h1-7,11H,(H,15,16,17). The van der Waals surface area contributed by atoms with Crippen molar-refractivity contribution < 1.29 is 22.6 Å². The topological polar surface area (TPSA) is 91.8 Å². The molecule has 2 rings (SSSR count). The molecule has 1 N–H and O–H groups in total. The molecule has 1 unspecified atom stereocenters. The summed E-state index contributed by atoms with van der Waals surface area (Å²) in [5.41, 5.74) is 0.144. The summed E-state index contributed by atoms with van der Waals surface area (Å²) in [5, 5.41) is -1.71. The number of hydrogen-bond acceptors (Lipinski definition) is 4. The van der Waals surface area contributed by atoms with Gasteiger partial charge in [0.1, 0.15) is 0 Å². The fraction of sp³-hybridized carbons (Fsp3) is 0.0909. The maximum Gasteiger partial charge on any atom is 0.291 e. The van der Waals surface area contributed by atoms with Crippen LogP contribution in [0.25, 0.3) is 0 Å². The lowest BCUT2D eigenvalue weighted by Gasteiger charge is -2.23. The van der Waals surface area contributed by atoms with Crippen molar-refractivity contribution in [2.45, 2.75) is 5.37 Å². The van der Waals surface area contributed by atoms with Gasteiger partial charge < -0.3 is 0 Å². The van der Waals surface area contributed by atoms with Crippen LogP contribution in [0, 0.1) is 0 Å². The van der Waals surface area contributed by atoms with E-state index in [2.05, 4.69) is 0 Å². The van der Waals surface area contributed by atoms with Crippen LogP contribution in [0.15, 0.2) is 42.5 Å². The first-order valence-electron chi connectivity index (χ1n) is 4.98. The van der Waals surface area contributed by atoms with Crippen LogP contribution in [0.5, 0.6) is 0 Å². The average Bonchev–Trinajstić information content (AvgIpc) is 2.61. The molecule has 94 valence electrons. The molecule has 6 nitrogen and oxygen atoms in total. The Labute approximate surface area is 103 Å². The highest BCUT2D eigenvalue weighted by Crippen LogP contribution is 2.28. The Kier molecular flexibility index (Phi) is 3.02. The third-order valence-corrected chi connectivity index (χ3v) is 3.49. The van der Waals surface area contributed by atoms with Crippen molar-refractivity contribution in [3.05, 3.63) is 48.0 Å². The van der Waals surface area contributed by atoms with E-state index in [1.807, 2.05) is 0 Å². The van der Waals surface area contributed by atoms with Gasteiger partial charge in [0, 0.05) is 12.2 Å². The summed E-state index contributed by atoms with van der Waals surface area (Å²) in [4.78, 5) is 23.5. The molecule has 2 amide bonds. The molecule has 1 aliphatic heterocycles. The molecule has 0 saturated carbocycles. The molecule has 0 spiro atoms. The van der Waals surface area contributed by atoms with Crippen LogP contribution in [0.4, 0.5) is 0 Å². The molecule has 0 fully saturated rings. The van der Waals surface area contributed by atoms with Crippen molar-refractivity contribution in [2.75, 3.05) is 0 Å². The van der Waals surface area contributed by atoms with E-state index in [1.165, 1.54) is 12.1 Å². The summed E-state index contributed by atoms with van der Waals surface area (Å²) in [6.07, 6.45) is 1.92. The minimum atomic E-state index is -4.62. The zero-order chi connectivity index (χ0) is 13.3. The molecular weight excluding hydrogens is 258 g/mol. The third-order valence-electron chi connectivity index (χ3n) is 2.44. The van der Waals surface area contributed by atoms with Crippen LogP contribution in [0.2, 0.25) is 0 Å². The van der Waals surface area contributed by atoms with Gasteiger partial charge in [-0.25, -0.2) is 0 Å². The smallest absolute Gasteiger partial charge is 0.284 e. The van der Waals surface area contributed by atoms with Crippen LogP contribution >= 0.6 is 0 Å². The number of amides is 2. The van der Waals surface area contributed by atoms with Crippen molar-refractivity contribution in [3.63, 3.8) is 0 Å². The number of carbonyl (C=O) groups excluding carboxylic acids is 2. The van der Waals surface area contributed by atoms with Gasteiger partial charge in [0.05, 0.1) is 0 Å². The summed E-state index contributed by atoms with van der Waals surface area (Å²) in [6.45, 7) is 0. The zero-order valence-electron chi connectivity index (χ0n) is 9.05. The molecular formula is C11H9NO5S. The SMILES string of the molecule is O=C1C=CC(=O)N1C(c1ccccc1)S(=O)(=O)O. The lowest BCUT2D eigenvalue weighted by Crippen LogP contribution is -2.38. The lowest BCUT2D eigenvalue weighted by atomic mass is 10.2. The van der Waals surface area contributed by atoms with Gasteiger partial charge in [-0.2, -0.15) is 8.42 Å². The van der Waals surface area contributed by atoms with Gasteiger partial charge in [0.15, 0.2) is 5.37 Å². The van der Waals surface area contributed by atoms with Crippen molar-refractivity contribution >= 4 is 21.9 Å². The Hall–Kier alpha value is -1.99. The first kappa shape index (κ1) is 12.5. The molecule has 0 aliphatic carbocycles. The predicted octanol–water partition coefficient (Wildman–Crippen LogP) is 0.498. The molecule has 0 aromatic heterocycles. The fourth-order valence-corrected chi connectivity index (χ4v) is 2.69. The van der Waals surface area contributed by atoms with Gasteiger partial charge in [0.2, 0.25) is 0 Å². The first-order chi connectivity index (χ1) is 8.41. The molecule has 1 heterocycles. The minimum absolute atomic E-state index is 0.144. The number of nitrogens with zero attached hydrogens (tertiary/aromatic N) is 1. The summed E-state index contributed by atoms with van der Waals surface area (Å²) in [6, 6.07) is 7.57. The van der Waals surface area contributed by atoms with Crippen molar-refractivity contribution in [1.82, 2.24) is 4.90 Å². The number of hydrogen-bond donors (Lipinski definition) is 1. The van der Waals surface area contributed by atoms with Crippen molar-refractivity contribution in [3.8, 4) is 0 Å². The Bertz CT molecular complexity index is 602. The van der Waals surface area contributed by atoms with Crippen LogP contribution in [-0.2, 0) is 19.7 Å². The number of carbonyl (C=O) groups is 2. The van der Waals surface area contributed by atoms with Crippen LogP contribution in [0.3, 0.4) is 0 Å². The highest BCUT2D eigenvalue weighted by Gasteiger charge is 2.39. The van der Waals surface area contributed by atoms with E-state index in [1.54, 1.807) is 18.2 Å². The summed E-state index contributed by atoms with van der Waals surface area (Å²) < 4.78 is 32.0. The molecule has 0 radical (unpaired) electrons. The molecule has 1 atom stereocenters. The second-order valence-corrected chi connectivity index (χ2v) is 5.13. The summed E-state index contributed by atoms with van der Waals surface area (Å²) in [7, 11) is -4.62. The molecule has 0 saturated heterocycles. The normalized spacial score (nSPS) is 17.3. The van der Waals surface area contributed by atoms with Gasteiger partial charge in [-0.1, -0.05) is 30.3 Å². The van der Waals surface area contributed by atoms with Gasteiger partial charge in [-0.05, 0) is 5.56 Å². The Balaban J connectivity index is 2.52. The van der Waals surface area contributed by atoms with E-state index in [4.69, 9.17) is 0 Å². The average molecular weight is 267 g/mol. The Morgan fingerprint density at radius 1 is 1.00 bits per heavy atom. The lowest BCUT2D eigenvalue weighted by molar-refractivity contribution is -0.138. The van der Waals surface area contributed by atoms with E-state index in [0.717, 1.165) is 12.2 Å². The highest BCUT2D eigenvalue weighted by molar-refractivity contribution is 7.86. The van der Waals surface area contributed by atoms with E-state index in [-0.39, 0.29) is 5.56 Å². The van der Waals surface area contributed by atoms with E-state index in [0.29, 0.717) is 4.90 Å². The van der Waals surface area contributed by atoms with Crippen molar-refractivity contribution in [2.24, 2.45) is 0 Å². The molecule has 18 heavy (non-hydrogen) atoms. The maximum atomic E-state index is 11.5. The monoisotopic (exact) mass is 267 g/mol.